The third kappa shape index (κ3) is 5.26. The molecule has 0 aliphatic carbocycles. The average molecular weight is 399 g/mol. The van der Waals surface area contributed by atoms with Crippen LogP contribution < -0.4 is 15.0 Å². The molecule has 1 aromatic rings. The molecule has 2 rings (SSSR count). The number of halogens is 1. The number of rotatable bonds is 3. The normalized spacial score (nSPS) is 16.1. The highest BCUT2D eigenvalue weighted by Crippen LogP contribution is 2.40. The number of benzene rings is 1. The smallest absolute Gasteiger partial charge is 0.415 e. The monoisotopic (exact) mass is 398 g/mol. The van der Waals surface area contributed by atoms with E-state index in [1.54, 1.807) is 27.7 Å². The van der Waals surface area contributed by atoms with Gasteiger partial charge >= 0.3 is 12.1 Å². The molecule has 0 saturated carbocycles. The molecule has 1 aliphatic heterocycles. The largest absolute Gasteiger partial charge is 0.475 e. The first kappa shape index (κ1) is 20.8. The van der Waals surface area contributed by atoms with Gasteiger partial charge in [0.05, 0.1) is 29.5 Å². The van der Waals surface area contributed by atoms with Gasteiger partial charge in [-0.1, -0.05) is 11.6 Å². The molecule has 1 heterocycles. The lowest BCUT2D eigenvalue weighted by atomic mass is 10.1. The molecule has 0 radical (unpaired) electrons. The summed E-state index contributed by atoms with van der Waals surface area (Å²) in [5.74, 6) is -0.718. The van der Waals surface area contributed by atoms with Gasteiger partial charge in [-0.05, 0) is 33.8 Å². The van der Waals surface area contributed by atoms with E-state index in [4.69, 9.17) is 25.8 Å². The quantitative estimate of drug-likeness (QED) is 0.784. The highest BCUT2D eigenvalue weighted by molar-refractivity contribution is 6.34. The molecular weight excluding hydrogens is 376 g/mol. The van der Waals surface area contributed by atoms with Crippen molar-refractivity contribution in [3.63, 3.8) is 0 Å². The van der Waals surface area contributed by atoms with E-state index < -0.39 is 23.8 Å². The van der Waals surface area contributed by atoms with Crippen molar-refractivity contribution in [1.82, 2.24) is 0 Å². The van der Waals surface area contributed by atoms with Crippen molar-refractivity contribution in [2.45, 2.75) is 46.3 Å². The first-order chi connectivity index (χ1) is 12.5. The number of esters is 1. The Hall–Kier alpha value is -2.48. The minimum absolute atomic E-state index is 0.0867. The Morgan fingerprint density at radius 3 is 2.56 bits per heavy atom. The second-order valence-corrected chi connectivity index (χ2v) is 7.34. The second-order valence-electron chi connectivity index (χ2n) is 6.93. The summed E-state index contributed by atoms with van der Waals surface area (Å²) < 4.78 is 16.1. The summed E-state index contributed by atoms with van der Waals surface area (Å²) in [6, 6.07) is 2.94. The first-order valence-corrected chi connectivity index (χ1v) is 8.84. The lowest BCUT2D eigenvalue weighted by Gasteiger charge is -2.35. The van der Waals surface area contributed by atoms with Crippen LogP contribution in [0.25, 0.3) is 0 Å². The van der Waals surface area contributed by atoms with Crippen molar-refractivity contribution in [1.29, 1.82) is 0 Å². The van der Waals surface area contributed by atoms with Crippen LogP contribution >= 0.6 is 11.6 Å². The zero-order valence-electron chi connectivity index (χ0n) is 15.9. The van der Waals surface area contributed by atoms with Gasteiger partial charge in [-0.3, -0.25) is 9.69 Å². The van der Waals surface area contributed by atoms with Crippen molar-refractivity contribution in [3.8, 4) is 5.75 Å². The molecule has 148 valence electrons. The van der Waals surface area contributed by atoms with Crippen LogP contribution in [0.5, 0.6) is 5.75 Å². The van der Waals surface area contributed by atoms with Crippen LogP contribution in [0.1, 0.15) is 34.6 Å². The maximum Gasteiger partial charge on any atom is 0.415 e. The molecule has 1 unspecified atom stereocenters. The van der Waals surface area contributed by atoms with Crippen molar-refractivity contribution >= 4 is 40.9 Å². The minimum atomic E-state index is -1.03. The van der Waals surface area contributed by atoms with E-state index in [0.717, 1.165) is 0 Å². The highest BCUT2D eigenvalue weighted by Gasteiger charge is 2.37. The van der Waals surface area contributed by atoms with E-state index in [1.165, 1.54) is 24.0 Å². The van der Waals surface area contributed by atoms with E-state index in [-0.39, 0.29) is 29.8 Å². The maximum atomic E-state index is 12.7. The molecule has 27 heavy (non-hydrogen) atoms. The molecule has 8 nitrogen and oxygen atoms in total. The van der Waals surface area contributed by atoms with Gasteiger partial charge in [0.2, 0.25) is 12.0 Å². The number of carbonyl (C=O) groups excluding carboxylic acids is 3. The van der Waals surface area contributed by atoms with E-state index in [2.05, 4.69) is 5.32 Å². The Balaban J connectivity index is 2.45. The van der Waals surface area contributed by atoms with Gasteiger partial charge in [0.1, 0.15) is 11.4 Å². The Morgan fingerprint density at radius 2 is 2.00 bits per heavy atom. The van der Waals surface area contributed by atoms with Gasteiger partial charge in [-0.2, -0.15) is 0 Å². The van der Waals surface area contributed by atoms with E-state index >= 15 is 0 Å². The van der Waals surface area contributed by atoms with Crippen LogP contribution in [0, 0.1) is 0 Å². The van der Waals surface area contributed by atoms with Crippen molar-refractivity contribution in [2.24, 2.45) is 0 Å². The number of nitrogens with one attached hydrogen (secondary N) is 1. The third-order valence-corrected chi connectivity index (χ3v) is 3.74. The summed E-state index contributed by atoms with van der Waals surface area (Å²) in [5.41, 5.74) is -0.0880. The molecule has 0 fully saturated rings. The standard InChI is InChI=1S/C18H23ClN2O6/c1-6-25-16(23)15-9-21(17(24)27-18(3,4)5)13-7-11(19)12(20-10(2)22)8-14(13)26-15/h7-8,15H,6,9H2,1-5H3,(H,20,22). The number of fused-ring (bicyclic) bond motifs is 1. The van der Waals surface area contributed by atoms with Crippen molar-refractivity contribution in [3.05, 3.63) is 17.2 Å². The summed E-state index contributed by atoms with van der Waals surface area (Å²) in [4.78, 5) is 37.5. The minimum Gasteiger partial charge on any atom is -0.475 e. The summed E-state index contributed by atoms with van der Waals surface area (Å²) in [6.45, 7) is 8.32. The lowest BCUT2D eigenvalue weighted by Crippen LogP contribution is -2.49. The Kier molecular flexibility index (Phi) is 6.20. The fourth-order valence-electron chi connectivity index (χ4n) is 2.44. The number of nitrogens with zero attached hydrogens (tertiary/aromatic N) is 1. The summed E-state index contributed by atoms with van der Waals surface area (Å²) in [5, 5.41) is 2.79. The van der Waals surface area contributed by atoms with Crippen LogP contribution in [0.3, 0.4) is 0 Å². The number of carbonyl (C=O) groups is 3. The molecule has 0 bridgehead atoms. The van der Waals surface area contributed by atoms with E-state index in [9.17, 15) is 14.4 Å². The number of hydrogen-bond donors (Lipinski definition) is 1. The third-order valence-electron chi connectivity index (χ3n) is 3.43. The topological polar surface area (TPSA) is 94.2 Å². The molecule has 0 spiro atoms. The highest BCUT2D eigenvalue weighted by atomic mass is 35.5. The summed E-state index contributed by atoms with van der Waals surface area (Å²) in [7, 11) is 0. The molecular formula is C18H23ClN2O6. The van der Waals surface area contributed by atoms with Gasteiger partial charge in [-0.25, -0.2) is 9.59 Å². The van der Waals surface area contributed by atoms with Gasteiger partial charge in [0, 0.05) is 13.0 Å². The molecule has 1 aromatic carbocycles. The summed E-state index contributed by atoms with van der Waals surface area (Å²) >= 11 is 6.22. The molecule has 1 aliphatic rings. The number of hydrogen-bond acceptors (Lipinski definition) is 6. The second kappa shape index (κ2) is 8.04. The number of anilines is 2. The predicted molar refractivity (Wildman–Crippen MR) is 100 cm³/mol. The van der Waals surface area contributed by atoms with Crippen molar-refractivity contribution < 1.29 is 28.6 Å². The predicted octanol–water partition coefficient (Wildman–Crippen LogP) is 3.36. The molecule has 0 aromatic heterocycles. The van der Waals surface area contributed by atoms with Crippen LogP contribution in [-0.2, 0) is 19.1 Å². The zero-order chi connectivity index (χ0) is 20.4. The molecule has 9 heteroatoms. The Bertz CT molecular complexity index is 759. The van der Waals surface area contributed by atoms with Gasteiger partial charge in [0.25, 0.3) is 0 Å². The van der Waals surface area contributed by atoms with Gasteiger partial charge < -0.3 is 19.5 Å². The van der Waals surface area contributed by atoms with E-state index in [1.807, 2.05) is 0 Å². The van der Waals surface area contributed by atoms with Crippen molar-refractivity contribution in [2.75, 3.05) is 23.4 Å². The molecule has 1 N–H and O–H groups in total. The lowest BCUT2D eigenvalue weighted by molar-refractivity contribution is -0.151. The van der Waals surface area contributed by atoms with Crippen LogP contribution in [0.4, 0.5) is 16.2 Å². The number of ether oxygens (including phenoxy) is 3. The first-order valence-electron chi connectivity index (χ1n) is 8.46. The molecule has 1 atom stereocenters. The fourth-order valence-corrected chi connectivity index (χ4v) is 2.64. The van der Waals surface area contributed by atoms with Gasteiger partial charge in [-0.15, -0.1) is 0 Å². The maximum absolute atomic E-state index is 12.7. The zero-order valence-corrected chi connectivity index (χ0v) is 16.7. The molecule has 0 saturated heterocycles. The fraction of sp³-hybridized carbons (Fsp3) is 0.500. The SMILES string of the molecule is CCOC(=O)C1CN(C(=O)OC(C)(C)C)c2cc(Cl)c(NC(C)=O)cc2O1. The van der Waals surface area contributed by atoms with Crippen LogP contribution in [-0.4, -0.2) is 42.8 Å². The Labute approximate surface area is 162 Å². The number of amides is 2. The Morgan fingerprint density at radius 1 is 1.33 bits per heavy atom. The van der Waals surface area contributed by atoms with Crippen LogP contribution in [0.15, 0.2) is 12.1 Å². The molecule has 2 amide bonds. The summed E-state index contributed by atoms with van der Waals surface area (Å²) in [6.07, 6.45) is -1.68. The average Bonchev–Trinajstić information content (AvgIpc) is 2.52. The van der Waals surface area contributed by atoms with E-state index in [0.29, 0.717) is 11.4 Å². The van der Waals surface area contributed by atoms with Gasteiger partial charge in [0.15, 0.2) is 0 Å². The van der Waals surface area contributed by atoms with Crippen LogP contribution in [0.2, 0.25) is 5.02 Å².